The molecule has 1 aliphatic rings. The maximum Gasteiger partial charge on any atom is 0.435 e. The van der Waals surface area contributed by atoms with Crippen molar-refractivity contribution in [2.75, 3.05) is 13.1 Å². The van der Waals surface area contributed by atoms with E-state index in [-0.39, 0.29) is 17.6 Å². The summed E-state index contributed by atoms with van der Waals surface area (Å²) in [4.78, 5) is 14.1. The van der Waals surface area contributed by atoms with Crippen molar-refractivity contribution < 1.29 is 22.4 Å². The van der Waals surface area contributed by atoms with Gasteiger partial charge in [0.25, 0.3) is 5.91 Å². The summed E-state index contributed by atoms with van der Waals surface area (Å²) in [6, 6.07) is 2.73. The van der Waals surface area contributed by atoms with Crippen LogP contribution < -0.4 is 0 Å². The number of halogens is 3. The van der Waals surface area contributed by atoms with Gasteiger partial charge in [0, 0.05) is 30.3 Å². The molecule has 0 spiro atoms. The number of hydrogen-bond acceptors (Lipinski definition) is 3. The van der Waals surface area contributed by atoms with E-state index in [1.165, 1.54) is 6.26 Å². The number of carbonyl (C=O) groups excluding carboxylic acids is 1. The van der Waals surface area contributed by atoms with E-state index in [0.29, 0.717) is 25.2 Å². The highest BCUT2D eigenvalue weighted by molar-refractivity contribution is 5.92. The fourth-order valence-electron chi connectivity index (χ4n) is 2.84. The van der Waals surface area contributed by atoms with Crippen LogP contribution in [-0.2, 0) is 6.18 Å². The van der Waals surface area contributed by atoms with Crippen LogP contribution in [0.3, 0.4) is 0 Å². The third-order valence-electron chi connectivity index (χ3n) is 4.09. The Labute approximate surface area is 130 Å². The topological polar surface area (TPSA) is 62.1 Å². The largest absolute Gasteiger partial charge is 0.459 e. The van der Waals surface area contributed by atoms with Crippen LogP contribution in [-0.4, -0.2) is 34.1 Å². The highest BCUT2D eigenvalue weighted by atomic mass is 19.4. The number of aryl methyl sites for hydroxylation is 1. The van der Waals surface area contributed by atoms with Gasteiger partial charge in [-0.2, -0.15) is 18.3 Å². The number of amides is 1. The van der Waals surface area contributed by atoms with Crippen molar-refractivity contribution in [2.24, 2.45) is 0 Å². The van der Waals surface area contributed by atoms with Crippen LogP contribution in [0.25, 0.3) is 0 Å². The molecular formula is C15H16F3N3O2. The predicted octanol–water partition coefficient (Wildman–Crippen LogP) is 3.35. The molecule has 0 aromatic carbocycles. The maximum absolute atomic E-state index is 12.6. The Morgan fingerprint density at radius 3 is 2.87 bits per heavy atom. The number of nitrogens with one attached hydrogen (secondary N) is 1. The molecule has 1 fully saturated rings. The maximum atomic E-state index is 12.6. The average Bonchev–Trinajstić information content (AvgIpc) is 3.15. The van der Waals surface area contributed by atoms with E-state index in [1.807, 2.05) is 0 Å². The number of carbonyl (C=O) groups is 1. The monoisotopic (exact) mass is 327 g/mol. The summed E-state index contributed by atoms with van der Waals surface area (Å²) >= 11 is 0. The lowest BCUT2D eigenvalue weighted by molar-refractivity contribution is -0.141. The van der Waals surface area contributed by atoms with Crippen LogP contribution in [0, 0.1) is 6.92 Å². The summed E-state index contributed by atoms with van der Waals surface area (Å²) in [5.74, 6) is -0.134. The molecule has 2 aromatic rings. The second kappa shape index (κ2) is 5.75. The van der Waals surface area contributed by atoms with Gasteiger partial charge >= 0.3 is 6.18 Å². The first kappa shape index (κ1) is 15.6. The van der Waals surface area contributed by atoms with Crippen molar-refractivity contribution in [2.45, 2.75) is 31.9 Å². The molecule has 0 unspecified atom stereocenters. The summed E-state index contributed by atoms with van der Waals surface area (Å²) in [6.07, 6.45) is -1.59. The van der Waals surface area contributed by atoms with Gasteiger partial charge in [0.05, 0.1) is 6.26 Å². The third-order valence-corrected chi connectivity index (χ3v) is 4.09. The number of rotatable bonds is 2. The summed E-state index contributed by atoms with van der Waals surface area (Å²) in [5.41, 5.74) is 0.224. The van der Waals surface area contributed by atoms with Crippen molar-refractivity contribution in [3.05, 3.63) is 41.1 Å². The Kier molecular flexibility index (Phi) is 3.91. The quantitative estimate of drug-likeness (QED) is 0.920. The number of hydrogen-bond donors (Lipinski definition) is 1. The van der Waals surface area contributed by atoms with Crippen LogP contribution >= 0.6 is 0 Å². The molecule has 23 heavy (non-hydrogen) atoms. The molecule has 124 valence electrons. The van der Waals surface area contributed by atoms with E-state index in [9.17, 15) is 18.0 Å². The van der Waals surface area contributed by atoms with Crippen LogP contribution in [0.2, 0.25) is 0 Å². The van der Waals surface area contributed by atoms with Crippen molar-refractivity contribution in [3.8, 4) is 0 Å². The summed E-state index contributed by atoms with van der Waals surface area (Å²) in [5, 5.41) is 5.78. The van der Waals surface area contributed by atoms with Gasteiger partial charge in [0.1, 0.15) is 0 Å². The minimum Gasteiger partial charge on any atom is -0.459 e. The molecule has 1 saturated heterocycles. The lowest BCUT2D eigenvalue weighted by atomic mass is 9.94. The first-order valence-electron chi connectivity index (χ1n) is 7.32. The molecule has 0 saturated carbocycles. The number of furan rings is 1. The lowest BCUT2D eigenvalue weighted by Crippen LogP contribution is -2.39. The van der Waals surface area contributed by atoms with E-state index < -0.39 is 11.9 Å². The Balaban J connectivity index is 1.75. The lowest BCUT2D eigenvalue weighted by Gasteiger charge is -2.31. The first-order valence-corrected chi connectivity index (χ1v) is 7.32. The van der Waals surface area contributed by atoms with Crippen LogP contribution in [0.4, 0.5) is 13.2 Å². The molecule has 1 aliphatic heterocycles. The van der Waals surface area contributed by atoms with E-state index in [0.717, 1.165) is 18.1 Å². The second-order valence-corrected chi connectivity index (χ2v) is 5.73. The number of H-pyrrole nitrogens is 1. The molecule has 3 heterocycles. The molecule has 3 rings (SSSR count). The van der Waals surface area contributed by atoms with Gasteiger partial charge in [-0.05, 0) is 31.9 Å². The number of aromatic amines is 1. The van der Waals surface area contributed by atoms with Gasteiger partial charge in [0.15, 0.2) is 11.5 Å². The molecule has 8 heteroatoms. The zero-order chi connectivity index (χ0) is 16.6. The SMILES string of the molecule is Cc1ccoc1C(=O)N1CCC[C@H](c2cc(C(F)(F)F)n[nH]2)C1. The fourth-order valence-corrected chi connectivity index (χ4v) is 2.84. The summed E-state index contributed by atoms with van der Waals surface area (Å²) < 4.78 is 43.1. The number of likely N-dealkylation sites (tertiary alicyclic amines) is 1. The molecule has 0 radical (unpaired) electrons. The number of piperidine rings is 1. The van der Waals surface area contributed by atoms with Gasteiger partial charge in [0.2, 0.25) is 0 Å². The Hall–Kier alpha value is -2.25. The second-order valence-electron chi connectivity index (χ2n) is 5.73. The normalized spacial score (nSPS) is 19.1. The third kappa shape index (κ3) is 3.11. The Morgan fingerprint density at radius 2 is 2.26 bits per heavy atom. The number of nitrogens with zero attached hydrogens (tertiary/aromatic N) is 2. The van der Waals surface area contributed by atoms with Crippen molar-refractivity contribution >= 4 is 5.91 Å². The molecule has 0 aliphatic carbocycles. The minimum absolute atomic E-state index is 0.188. The fraction of sp³-hybridized carbons (Fsp3) is 0.467. The predicted molar refractivity (Wildman–Crippen MR) is 74.9 cm³/mol. The van der Waals surface area contributed by atoms with Gasteiger partial charge in [-0.15, -0.1) is 0 Å². The Morgan fingerprint density at radius 1 is 1.48 bits per heavy atom. The highest BCUT2D eigenvalue weighted by Gasteiger charge is 2.35. The van der Waals surface area contributed by atoms with Crippen molar-refractivity contribution in [3.63, 3.8) is 0 Å². The van der Waals surface area contributed by atoms with E-state index in [4.69, 9.17) is 4.42 Å². The van der Waals surface area contributed by atoms with Crippen molar-refractivity contribution in [1.29, 1.82) is 0 Å². The van der Waals surface area contributed by atoms with Crippen molar-refractivity contribution in [1.82, 2.24) is 15.1 Å². The summed E-state index contributed by atoms with van der Waals surface area (Å²) in [6.45, 7) is 2.69. The first-order chi connectivity index (χ1) is 10.9. The molecule has 1 atom stereocenters. The average molecular weight is 327 g/mol. The molecule has 1 N–H and O–H groups in total. The smallest absolute Gasteiger partial charge is 0.435 e. The zero-order valence-electron chi connectivity index (χ0n) is 12.5. The minimum atomic E-state index is -4.47. The summed E-state index contributed by atoms with van der Waals surface area (Å²) in [7, 11) is 0. The van der Waals surface area contributed by atoms with Gasteiger partial charge < -0.3 is 9.32 Å². The standard InChI is InChI=1S/C15H16F3N3O2/c1-9-4-6-23-13(9)14(22)21-5-2-3-10(8-21)11-7-12(20-19-11)15(16,17)18/h4,6-7,10H,2-3,5,8H2,1H3,(H,19,20)/t10-/m0/s1. The molecular weight excluding hydrogens is 311 g/mol. The Bertz CT molecular complexity index is 705. The van der Waals surface area contributed by atoms with Gasteiger partial charge in [-0.25, -0.2) is 0 Å². The molecule has 5 nitrogen and oxygen atoms in total. The molecule has 0 bridgehead atoms. The molecule has 2 aromatic heterocycles. The molecule has 1 amide bonds. The van der Waals surface area contributed by atoms with E-state index in [2.05, 4.69) is 10.2 Å². The number of alkyl halides is 3. The van der Waals surface area contributed by atoms with Gasteiger partial charge in [-0.1, -0.05) is 0 Å². The highest BCUT2D eigenvalue weighted by Crippen LogP contribution is 2.32. The van der Waals surface area contributed by atoms with E-state index in [1.54, 1.807) is 17.9 Å². The van der Waals surface area contributed by atoms with Gasteiger partial charge in [-0.3, -0.25) is 9.89 Å². The number of aromatic nitrogens is 2. The van der Waals surface area contributed by atoms with E-state index >= 15 is 0 Å². The van der Waals surface area contributed by atoms with Crippen LogP contribution in [0.1, 0.15) is 46.3 Å². The van der Waals surface area contributed by atoms with Crippen LogP contribution in [0.5, 0.6) is 0 Å². The zero-order valence-corrected chi connectivity index (χ0v) is 12.5. The van der Waals surface area contributed by atoms with Crippen LogP contribution in [0.15, 0.2) is 22.8 Å².